The summed E-state index contributed by atoms with van der Waals surface area (Å²) in [6.45, 7) is 4.65. The molecule has 1 aliphatic rings. The molecule has 0 fully saturated rings. The first-order valence-electron chi connectivity index (χ1n) is 16.4. The smallest absolute Gasteiger partial charge is 0.0702 e. The van der Waals surface area contributed by atoms with Crippen molar-refractivity contribution in [3.05, 3.63) is 175 Å². The Morgan fingerprint density at radius 1 is 0.383 bits per heavy atom. The zero-order valence-corrected chi connectivity index (χ0v) is 26.5. The number of aromatic nitrogens is 1. The van der Waals surface area contributed by atoms with Gasteiger partial charge in [-0.3, -0.25) is 4.98 Å². The average Bonchev–Trinajstić information content (AvgIpc) is 3.36. The maximum atomic E-state index is 5.08. The zero-order chi connectivity index (χ0) is 31.5. The fourth-order valence-corrected chi connectivity index (χ4v) is 7.80. The highest BCUT2D eigenvalue weighted by Gasteiger charge is 2.35. The van der Waals surface area contributed by atoms with Crippen molar-refractivity contribution in [2.45, 2.75) is 19.3 Å². The van der Waals surface area contributed by atoms with E-state index in [2.05, 4.69) is 178 Å². The molecule has 1 aromatic heterocycles. The number of fused-ring (bicyclic) bond motifs is 5. The summed E-state index contributed by atoms with van der Waals surface area (Å²) in [5.41, 5.74) is 14.9. The van der Waals surface area contributed by atoms with Crippen LogP contribution in [0.15, 0.2) is 164 Å². The van der Waals surface area contributed by atoms with Crippen LogP contribution in [0.1, 0.15) is 25.0 Å². The van der Waals surface area contributed by atoms with E-state index in [1.807, 2.05) is 0 Å². The van der Waals surface area contributed by atoms with E-state index in [1.54, 1.807) is 0 Å². The lowest BCUT2D eigenvalue weighted by Gasteiger charge is -2.21. The van der Waals surface area contributed by atoms with Crippen molar-refractivity contribution >= 4 is 21.5 Å². The van der Waals surface area contributed by atoms with Crippen LogP contribution in [0.5, 0.6) is 0 Å². The summed E-state index contributed by atoms with van der Waals surface area (Å²) in [5.74, 6) is 0. The van der Waals surface area contributed by atoms with Crippen LogP contribution in [0, 0.1) is 0 Å². The van der Waals surface area contributed by atoms with Gasteiger partial charge >= 0.3 is 0 Å². The van der Waals surface area contributed by atoms with Crippen LogP contribution >= 0.6 is 0 Å². The SMILES string of the molecule is CC1(C)c2ccccc2-c2cc(-c3ccc(-c4c5ccccc5c(-c5ccc(-c6ccccc6)cc5)c5ccccc45)cn3)ccc21. The van der Waals surface area contributed by atoms with Crippen molar-refractivity contribution in [1.29, 1.82) is 0 Å². The van der Waals surface area contributed by atoms with Crippen LogP contribution in [0.4, 0.5) is 0 Å². The van der Waals surface area contributed by atoms with E-state index in [0.717, 1.165) is 16.8 Å². The van der Waals surface area contributed by atoms with Crippen molar-refractivity contribution in [2.75, 3.05) is 0 Å². The second-order valence-corrected chi connectivity index (χ2v) is 13.1. The Hall–Kier alpha value is -5.79. The Bertz CT molecular complexity index is 2390. The average molecular weight is 600 g/mol. The van der Waals surface area contributed by atoms with E-state index in [0.29, 0.717) is 0 Å². The molecule has 0 saturated carbocycles. The van der Waals surface area contributed by atoms with E-state index < -0.39 is 0 Å². The molecule has 0 saturated heterocycles. The molecule has 8 aromatic rings. The molecule has 0 aliphatic heterocycles. The van der Waals surface area contributed by atoms with Gasteiger partial charge in [-0.15, -0.1) is 0 Å². The van der Waals surface area contributed by atoms with E-state index in [1.165, 1.54) is 71.6 Å². The molecular formula is C46H33N. The number of nitrogens with zero attached hydrogens (tertiary/aromatic N) is 1. The molecule has 222 valence electrons. The summed E-state index contributed by atoms with van der Waals surface area (Å²) < 4.78 is 0. The standard InChI is InChI=1S/C46H33N/c1-46(2)41-19-11-10-14-35(41)40-28-33(24-26-42(40)46)43-27-25-34(29-47-43)45-38-17-8-6-15-36(38)44(37-16-7-9-18-39(37)45)32-22-20-31(21-23-32)30-12-4-3-5-13-30/h3-29H,1-2H3. The fourth-order valence-electron chi connectivity index (χ4n) is 7.80. The number of hydrogen-bond acceptors (Lipinski definition) is 1. The fraction of sp³-hybridized carbons (Fsp3) is 0.0652. The van der Waals surface area contributed by atoms with Gasteiger partial charge in [-0.2, -0.15) is 0 Å². The summed E-state index contributed by atoms with van der Waals surface area (Å²) >= 11 is 0. The molecule has 1 aliphatic carbocycles. The highest BCUT2D eigenvalue weighted by Crippen LogP contribution is 2.49. The Kier molecular flexibility index (Phi) is 6.23. The van der Waals surface area contributed by atoms with Gasteiger partial charge in [0.1, 0.15) is 0 Å². The lowest BCUT2D eigenvalue weighted by atomic mass is 9.82. The molecule has 0 atom stereocenters. The molecule has 0 unspecified atom stereocenters. The van der Waals surface area contributed by atoms with Gasteiger partial charge in [-0.25, -0.2) is 0 Å². The third kappa shape index (κ3) is 4.35. The lowest BCUT2D eigenvalue weighted by molar-refractivity contribution is 0.660. The molecule has 7 aromatic carbocycles. The van der Waals surface area contributed by atoms with Crippen LogP contribution in [-0.4, -0.2) is 4.98 Å². The monoisotopic (exact) mass is 599 g/mol. The molecule has 1 nitrogen and oxygen atoms in total. The number of rotatable bonds is 4. The van der Waals surface area contributed by atoms with Crippen LogP contribution in [0.2, 0.25) is 0 Å². The minimum atomic E-state index is -0.0000482. The van der Waals surface area contributed by atoms with E-state index in [9.17, 15) is 0 Å². The van der Waals surface area contributed by atoms with Crippen molar-refractivity contribution in [1.82, 2.24) is 4.98 Å². The first-order valence-corrected chi connectivity index (χ1v) is 16.4. The van der Waals surface area contributed by atoms with Crippen LogP contribution in [0.3, 0.4) is 0 Å². The van der Waals surface area contributed by atoms with Crippen molar-refractivity contribution in [3.63, 3.8) is 0 Å². The summed E-state index contributed by atoms with van der Waals surface area (Å²) in [4.78, 5) is 5.08. The largest absolute Gasteiger partial charge is 0.256 e. The first kappa shape index (κ1) is 27.5. The molecule has 47 heavy (non-hydrogen) atoms. The van der Waals surface area contributed by atoms with E-state index >= 15 is 0 Å². The molecule has 0 bridgehead atoms. The van der Waals surface area contributed by atoms with Gasteiger partial charge in [0.15, 0.2) is 0 Å². The predicted molar refractivity (Wildman–Crippen MR) is 199 cm³/mol. The molecule has 1 heterocycles. The second kappa shape index (κ2) is 10.6. The maximum Gasteiger partial charge on any atom is 0.0702 e. The van der Waals surface area contributed by atoms with Crippen LogP contribution in [0.25, 0.3) is 77.3 Å². The normalized spacial score (nSPS) is 13.1. The molecule has 0 radical (unpaired) electrons. The van der Waals surface area contributed by atoms with Gasteiger partial charge in [0, 0.05) is 22.7 Å². The minimum absolute atomic E-state index is 0.0000482. The Morgan fingerprint density at radius 3 is 1.51 bits per heavy atom. The minimum Gasteiger partial charge on any atom is -0.256 e. The van der Waals surface area contributed by atoms with Crippen LogP contribution in [-0.2, 0) is 5.41 Å². The highest BCUT2D eigenvalue weighted by atomic mass is 14.7. The zero-order valence-electron chi connectivity index (χ0n) is 26.5. The van der Waals surface area contributed by atoms with Crippen molar-refractivity contribution in [2.24, 2.45) is 0 Å². The number of hydrogen-bond donors (Lipinski definition) is 0. The van der Waals surface area contributed by atoms with Crippen molar-refractivity contribution in [3.8, 4) is 55.8 Å². The molecular weight excluding hydrogens is 567 g/mol. The molecule has 0 N–H and O–H groups in total. The summed E-state index contributed by atoms with van der Waals surface area (Å²) in [6.07, 6.45) is 2.06. The van der Waals surface area contributed by atoms with Gasteiger partial charge < -0.3 is 0 Å². The van der Waals surface area contributed by atoms with Crippen molar-refractivity contribution < 1.29 is 0 Å². The molecule has 1 heteroatoms. The summed E-state index contributed by atoms with van der Waals surface area (Å²) in [5, 5.41) is 4.97. The van der Waals surface area contributed by atoms with Gasteiger partial charge in [-0.05, 0) is 83.7 Å². The molecule has 9 rings (SSSR count). The Morgan fingerprint density at radius 2 is 0.872 bits per heavy atom. The lowest BCUT2D eigenvalue weighted by Crippen LogP contribution is -2.14. The highest BCUT2D eigenvalue weighted by molar-refractivity contribution is 6.21. The maximum absolute atomic E-state index is 5.08. The molecule has 0 amide bonds. The van der Waals surface area contributed by atoms with Gasteiger partial charge in [0.2, 0.25) is 0 Å². The van der Waals surface area contributed by atoms with Crippen LogP contribution < -0.4 is 0 Å². The van der Waals surface area contributed by atoms with E-state index in [-0.39, 0.29) is 5.41 Å². The number of pyridine rings is 1. The Labute approximate surface area is 275 Å². The summed E-state index contributed by atoms with van der Waals surface area (Å²) in [7, 11) is 0. The van der Waals surface area contributed by atoms with E-state index in [4.69, 9.17) is 4.98 Å². The topological polar surface area (TPSA) is 12.9 Å². The quantitative estimate of drug-likeness (QED) is 0.183. The third-order valence-electron chi connectivity index (χ3n) is 10.1. The van der Waals surface area contributed by atoms with Gasteiger partial charge in [0.05, 0.1) is 5.69 Å². The first-order chi connectivity index (χ1) is 23.1. The second-order valence-electron chi connectivity index (χ2n) is 13.1. The third-order valence-corrected chi connectivity index (χ3v) is 10.1. The van der Waals surface area contributed by atoms with Gasteiger partial charge in [0.25, 0.3) is 0 Å². The Balaban J connectivity index is 1.16. The number of benzene rings is 7. The predicted octanol–water partition coefficient (Wildman–Crippen LogP) is 12.4. The summed E-state index contributed by atoms with van der Waals surface area (Å²) in [6, 6.07) is 57.3. The molecule has 0 spiro atoms. The van der Waals surface area contributed by atoms with Gasteiger partial charge in [-0.1, -0.05) is 159 Å².